The number of ketones is 1. The highest BCUT2D eigenvalue weighted by atomic mass is 16.5. The van der Waals surface area contributed by atoms with Gasteiger partial charge in [0.2, 0.25) is 5.78 Å². The first-order valence-corrected chi connectivity index (χ1v) is 3.65. The van der Waals surface area contributed by atoms with E-state index in [2.05, 4.69) is 11.8 Å². The van der Waals surface area contributed by atoms with Crippen molar-refractivity contribution >= 4 is 5.78 Å². The zero-order valence-corrected chi connectivity index (χ0v) is 7.52. The smallest absolute Gasteiger partial charge is 0.202 e. The van der Waals surface area contributed by atoms with Gasteiger partial charge in [0.1, 0.15) is 5.60 Å². The number of carbonyl (C=O) groups excluding carboxylic acids is 1. The van der Waals surface area contributed by atoms with Crippen molar-refractivity contribution in [1.82, 2.24) is 0 Å². The molecule has 0 aromatic heterocycles. The first-order valence-electron chi connectivity index (χ1n) is 3.65. The Balaban J connectivity index is 4.13. The lowest BCUT2D eigenvalue weighted by Crippen LogP contribution is -2.21. The summed E-state index contributed by atoms with van der Waals surface area (Å²) in [4.78, 5) is 10.5. The highest BCUT2D eigenvalue weighted by Gasteiger charge is 2.12. The Hall–Kier alpha value is -0.810. The fraction of sp³-hybridized carbons (Fsp3) is 0.667. The molecule has 0 fully saturated rings. The van der Waals surface area contributed by atoms with E-state index < -0.39 is 5.60 Å². The van der Waals surface area contributed by atoms with Gasteiger partial charge in [-0.25, -0.2) is 0 Å². The minimum absolute atomic E-state index is 0.127. The topological polar surface area (TPSA) is 26.3 Å². The monoisotopic (exact) mass is 154 g/mol. The van der Waals surface area contributed by atoms with Crippen molar-refractivity contribution in [2.75, 3.05) is 6.61 Å². The predicted octanol–water partition coefficient (Wildman–Crippen LogP) is 1.39. The number of rotatable bonds is 2. The van der Waals surface area contributed by atoms with Gasteiger partial charge in [0.05, 0.1) is 0 Å². The number of hydrogen-bond donors (Lipinski definition) is 0. The summed E-state index contributed by atoms with van der Waals surface area (Å²) in [5.74, 6) is 5.07. The molecule has 0 saturated heterocycles. The molecule has 0 spiro atoms. The summed E-state index contributed by atoms with van der Waals surface area (Å²) in [5.41, 5.74) is -0.500. The second-order valence-corrected chi connectivity index (χ2v) is 2.75. The lowest BCUT2D eigenvalue weighted by Gasteiger charge is -2.16. The number of hydrogen-bond acceptors (Lipinski definition) is 2. The molecule has 0 N–H and O–H groups in total. The van der Waals surface area contributed by atoms with E-state index in [1.54, 1.807) is 0 Å². The second kappa shape index (κ2) is 4.15. The van der Waals surface area contributed by atoms with Crippen LogP contribution < -0.4 is 0 Å². The highest BCUT2D eigenvalue weighted by molar-refractivity contribution is 5.93. The average Bonchev–Trinajstić information content (AvgIpc) is 1.84. The molecule has 2 nitrogen and oxygen atoms in total. The highest BCUT2D eigenvalue weighted by Crippen LogP contribution is 2.05. The van der Waals surface area contributed by atoms with Gasteiger partial charge in [0.25, 0.3) is 0 Å². The molecule has 2 heteroatoms. The van der Waals surface area contributed by atoms with E-state index in [1.165, 1.54) is 6.92 Å². The van der Waals surface area contributed by atoms with Gasteiger partial charge >= 0.3 is 0 Å². The lowest BCUT2D eigenvalue weighted by atomic mass is 10.1. The van der Waals surface area contributed by atoms with E-state index in [4.69, 9.17) is 4.74 Å². The number of Topliss-reactive ketones (excluding diaryl/α,β-unsaturated/α-hetero) is 1. The summed E-state index contributed by atoms with van der Waals surface area (Å²) in [5, 5.41) is 0. The molecule has 62 valence electrons. The van der Waals surface area contributed by atoms with E-state index in [-0.39, 0.29) is 5.78 Å². The molecular formula is C9H14O2. The van der Waals surface area contributed by atoms with Crippen molar-refractivity contribution in [1.29, 1.82) is 0 Å². The third kappa shape index (κ3) is 5.63. The molecule has 0 aliphatic heterocycles. The molecule has 0 aromatic carbocycles. The molecule has 0 bridgehead atoms. The molecule has 0 aliphatic rings. The minimum Gasteiger partial charge on any atom is -0.363 e. The second-order valence-electron chi connectivity index (χ2n) is 2.75. The SMILES string of the molecule is CCOC(C)(C)C#CC(C)=O. The molecule has 0 heterocycles. The van der Waals surface area contributed by atoms with E-state index in [1.807, 2.05) is 20.8 Å². The molecule has 0 aromatic rings. The Morgan fingerprint density at radius 3 is 2.45 bits per heavy atom. The molecule has 11 heavy (non-hydrogen) atoms. The van der Waals surface area contributed by atoms with Gasteiger partial charge in [-0.1, -0.05) is 5.92 Å². The fourth-order valence-electron chi connectivity index (χ4n) is 0.635. The Labute approximate surface area is 67.9 Å². The molecule has 0 unspecified atom stereocenters. The maximum absolute atomic E-state index is 10.5. The van der Waals surface area contributed by atoms with Gasteiger partial charge < -0.3 is 4.74 Å². The van der Waals surface area contributed by atoms with Crippen LogP contribution >= 0.6 is 0 Å². The molecule has 0 aliphatic carbocycles. The van der Waals surface area contributed by atoms with Crippen LogP contribution in [0.3, 0.4) is 0 Å². The maximum Gasteiger partial charge on any atom is 0.202 e. The van der Waals surface area contributed by atoms with Gasteiger partial charge in [0.15, 0.2) is 0 Å². The first-order chi connectivity index (χ1) is 4.98. The van der Waals surface area contributed by atoms with Crippen molar-refractivity contribution in [3.05, 3.63) is 0 Å². The van der Waals surface area contributed by atoms with Crippen LogP contribution in [0.25, 0.3) is 0 Å². The Bertz CT molecular complexity index is 193. The molecule has 0 amide bonds. The van der Waals surface area contributed by atoms with E-state index in [0.717, 1.165) is 0 Å². The minimum atomic E-state index is -0.500. The van der Waals surface area contributed by atoms with Crippen molar-refractivity contribution in [3.8, 4) is 11.8 Å². The van der Waals surface area contributed by atoms with Crippen LogP contribution in [-0.2, 0) is 9.53 Å². The Morgan fingerprint density at radius 1 is 1.55 bits per heavy atom. The summed E-state index contributed by atoms with van der Waals surface area (Å²) in [7, 11) is 0. The standard InChI is InChI=1S/C9H14O2/c1-5-11-9(3,4)7-6-8(2)10/h5H2,1-4H3. The third-order valence-corrected chi connectivity index (χ3v) is 1.04. The van der Waals surface area contributed by atoms with Crippen molar-refractivity contribution < 1.29 is 9.53 Å². The van der Waals surface area contributed by atoms with Gasteiger partial charge in [-0.15, -0.1) is 0 Å². The van der Waals surface area contributed by atoms with Crippen LogP contribution in [0.5, 0.6) is 0 Å². The quantitative estimate of drug-likeness (QED) is 0.444. The zero-order chi connectivity index (χ0) is 8.91. The molecule has 0 saturated carbocycles. The molecule has 0 atom stereocenters. The largest absolute Gasteiger partial charge is 0.363 e. The summed E-state index contributed by atoms with van der Waals surface area (Å²) in [6.07, 6.45) is 0. The van der Waals surface area contributed by atoms with Gasteiger partial charge in [-0.05, 0) is 26.7 Å². The van der Waals surface area contributed by atoms with Crippen LogP contribution in [0.15, 0.2) is 0 Å². The molecule has 0 rings (SSSR count). The summed E-state index contributed by atoms with van der Waals surface area (Å²) >= 11 is 0. The van der Waals surface area contributed by atoms with Crippen LogP contribution in [0.4, 0.5) is 0 Å². The molecule has 0 radical (unpaired) electrons. The Kier molecular flexibility index (Phi) is 3.84. The Morgan fingerprint density at radius 2 is 2.09 bits per heavy atom. The maximum atomic E-state index is 10.5. The summed E-state index contributed by atoms with van der Waals surface area (Å²) in [6, 6.07) is 0. The number of ether oxygens (including phenoxy) is 1. The van der Waals surface area contributed by atoms with Gasteiger partial charge in [0, 0.05) is 13.5 Å². The van der Waals surface area contributed by atoms with Crippen molar-refractivity contribution in [3.63, 3.8) is 0 Å². The normalized spacial score (nSPS) is 10.2. The average molecular weight is 154 g/mol. The van der Waals surface area contributed by atoms with Crippen LogP contribution in [0.1, 0.15) is 27.7 Å². The van der Waals surface area contributed by atoms with E-state index >= 15 is 0 Å². The van der Waals surface area contributed by atoms with Crippen molar-refractivity contribution in [2.24, 2.45) is 0 Å². The van der Waals surface area contributed by atoms with Crippen LogP contribution in [-0.4, -0.2) is 18.0 Å². The van der Waals surface area contributed by atoms with E-state index in [0.29, 0.717) is 6.61 Å². The van der Waals surface area contributed by atoms with Gasteiger partial charge in [-0.2, -0.15) is 0 Å². The third-order valence-electron chi connectivity index (χ3n) is 1.04. The first kappa shape index (κ1) is 10.2. The van der Waals surface area contributed by atoms with Crippen molar-refractivity contribution in [2.45, 2.75) is 33.3 Å². The van der Waals surface area contributed by atoms with Gasteiger partial charge in [-0.3, -0.25) is 4.79 Å². The van der Waals surface area contributed by atoms with Crippen LogP contribution in [0.2, 0.25) is 0 Å². The lowest BCUT2D eigenvalue weighted by molar-refractivity contribution is -0.111. The van der Waals surface area contributed by atoms with E-state index in [9.17, 15) is 4.79 Å². The predicted molar refractivity (Wildman–Crippen MR) is 44.2 cm³/mol. The summed E-state index contributed by atoms with van der Waals surface area (Å²) < 4.78 is 5.25. The molecular weight excluding hydrogens is 140 g/mol. The summed E-state index contributed by atoms with van der Waals surface area (Å²) in [6.45, 7) is 7.63. The number of carbonyl (C=O) groups is 1. The fourth-order valence-corrected chi connectivity index (χ4v) is 0.635. The van der Waals surface area contributed by atoms with Crippen LogP contribution in [0, 0.1) is 11.8 Å². The zero-order valence-electron chi connectivity index (χ0n) is 7.52.